The van der Waals surface area contributed by atoms with Crippen molar-refractivity contribution in [1.29, 1.82) is 0 Å². The van der Waals surface area contributed by atoms with Crippen molar-refractivity contribution in [3.05, 3.63) is 46.3 Å². The molecule has 0 fully saturated rings. The van der Waals surface area contributed by atoms with Gasteiger partial charge in [-0.05, 0) is 12.1 Å². The summed E-state index contributed by atoms with van der Waals surface area (Å²) in [6.07, 6.45) is 0. The zero-order valence-electron chi connectivity index (χ0n) is 10.8. The molecule has 0 spiro atoms. The van der Waals surface area contributed by atoms with Crippen LogP contribution in [0, 0.1) is 11.6 Å². The molecule has 3 rings (SSSR count). The molecule has 3 aromatic rings. The SMILES string of the molecule is O=c1[nH]c(-c2ccc(F)cc2F)nc2cc(O)c(O)c(O)c12. The zero-order valence-corrected chi connectivity index (χ0v) is 10.8. The number of phenolic OH excluding ortho intramolecular Hbond substituents is 3. The highest BCUT2D eigenvalue weighted by molar-refractivity contribution is 5.89. The molecule has 0 aliphatic carbocycles. The summed E-state index contributed by atoms with van der Waals surface area (Å²) in [5, 5.41) is 28.2. The number of nitrogens with zero attached hydrogens (tertiary/aromatic N) is 1. The van der Waals surface area contributed by atoms with Crippen LogP contribution in [0.5, 0.6) is 17.2 Å². The quantitative estimate of drug-likeness (QED) is 0.514. The van der Waals surface area contributed by atoms with Crippen LogP contribution in [-0.4, -0.2) is 25.3 Å². The topological polar surface area (TPSA) is 106 Å². The molecule has 2 aromatic carbocycles. The van der Waals surface area contributed by atoms with Gasteiger partial charge in [-0.15, -0.1) is 0 Å². The molecular formula is C14H8F2N2O4. The van der Waals surface area contributed by atoms with E-state index in [1.165, 1.54) is 0 Å². The number of phenols is 3. The monoisotopic (exact) mass is 306 g/mol. The predicted octanol–water partition coefficient (Wildman–Crippen LogP) is 1.99. The predicted molar refractivity (Wildman–Crippen MR) is 72.7 cm³/mol. The average molecular weight is 306 g/mol. The number of aromatic nitrogens is 2. The summed E-state index contributed by atoms with van der Waals surface area (Å²) in [5.41, 5.74) is -1.17. The highest BCUT2D eigenvalue weighted by atomic mass is 19.1. The normalized spacial score (nSPS) is 11.0. The minimum Gasteiger partial charge on any atom is -0.504 e. The summed E-state index contributed by atoms with van der Waals surface area (Å²) in [6, 6.07) is 3.67. The first kappa shape index (κ1) is 13.8. The molecule has 0 aliphatic heterocycles. The van der Waals surface area contributed by atoms with E-state index in [2.05, 4.69) is 9.97 Å². The second-order valence-electron chi connectivity index (χ2n) is 4.53. The molecule has 0 aliphatic rings. The summed E-state index contributed by atoms with van der Waals surface area (Å²) in [4.78, 5) is 18.1. The number of aromatic amines is 1. The van der Waals surface area contributed by atoms with Crippen molar-refractivity contribution in [2.75, 3.05) is 0 Å². The van der Waals surface area contributed by atoms with E-state index in [1.54, 1.807) is 0 Å². The maximum Gasteiger partial charge on any atom is 0.262 e. The molecule has 0 unspecified atom stereocenters. The van der Waals surface area contributed by atoms with Crippen LogP contribution in [0.15, 0.2) is 29.1 Å². The van der Waals surface area contributed by atoms with Crippen LogP contribution in [0.1, 0.15) is 0 Å². The van der Waals surface area contributed by atoms with Crippen LogP contribution >= 0.6 is 0 Å². The third kappa shape index (κ3) is 2.01. The average Bonchev–Trinajstić information content (AvgIpc) is 2.44. The smallest absolute Gasteiger partial charge is 0.262 e. The molecule has 0 atom stereocenters. The lowest BCUT2D eigenvalue weighted by molar-refractivity contribution is 0.371. The Morgan fingerprint density at radius 1 is 1.05 bits per heavy atom. The molecule has 0 bridgehead atoms. The van der Waals surface area contributed by atoms with Crippen molar-refractivity contribution < 1.29 is 24.1 Å². The Hall–Kier alpha value is -3.16. The highest BCUT2D eigenvalue weighted by Crippen LogP contribution is 2.39. The second-order valence-corrected chi connectivity index (χ2v) is 4.53. The molecule has 6 nitrogen and oxygen atoms in total. The van der Waals surface area contributed by atoms with E-state index in [-0.39, 0.29) is 22.3 Å². The van der Waals surface area contributed by atoms with Gasteiger partial charge in [0.25, 0.3) is 5.56 Å². The minimum absolute atomic E-state index is 0.157. The summed E-state index contributed by atoms with van der Waals surface area (Å²) in [5.74, 6) is -4.32. The van der Waals surface area contributed by atoms with Crippen LogP contribution in [0.4, 0.5) is 8.78 Å². The third-order valence-electron chi connectivity index (χ3n) is 3.11. The van der Waals surface area contributed by atoms with E-state index >= 15 is 0 Å². The summed E-state index contributed by atoms with van der Waals surface area (Å²) in [7, 11) is 0. The molecule has 22 heavy (non-hydrogen) atoms. The first-order valence-corrected chi connectivity index (χ1v) is 6.02. The van der Waals surface area contributed by atoms with E-state index < -0.39 is 34.4 Å². The van der Waals surface area contributed by atoms with Gasteiger partial charge in [0.1, 0.15) is 22.8 Å². The fourth-order valence-electron chi connectivity index (χ4n) is 2.07. The largest absolute Gasteiger partial charge is 0.504 e. The molecule has 8 heteroatoms. The van der Waals surface area contributed by atoms with Gasteiger partial charge >= 0.3 is 0 Å². The van der Waals surface area contributed by atoms with E-state index in [4.69, 9.17) is 0 Å². The van der Waals surface area contributed by atoms with Crippen molar-refractivity contribution in [1.82, 2.24) is 9.97 Å². The molecule has 112 valence electrons. The Bertz CT molecular complexity index is 969. The number of hydrogen-bond acceptors (Lipinski definition) is 5. The Kier molecular flexibility index (Phi) is 2.94. The Morgan fingerprint density at radius 2 is 1.77 bits per heavy atom. The molecular weight excluding hydrogens is 298 g/mol. The van der Waals surface area contributed by atoms with Crippen LogP contribution < -0.4 is 5.56 Å². The first-order valence-electron chi connectivity index (χ1n) is 6.02. The fraction of sp³-hybridized carbons (Fsp3) is 0. The Labute approximate surface area is 120 Å². The molecule has 1 aromatic heterocycles. The lowest BCUT2D eigenvalue weighted by Gasteiger charge is -2.07. The van der Waals surface area contributed by atoms with E-state index in [9.17, 15) is 28.9 Å². The number of benzene rings is 2. The Morgan fingerprint density at radius 3 is 2.45 bits per heavy atom. The number of hydrogen-bond donors (Lipinski definition) is 4. The number of H-pyrrole nitrogens is 1. The maximum atomic E-state index is 13.7. The minimum atomic E-state index is -0.935. The number of fused-ring (bicyclic) bond motifs is 1. The van der Waals surface area contributed by atoms with Crippen molar-refractivity contribution in [3.8, 4) is 28.6 Å². The number of aromatic hydroxyl groups is 3. The number of rotatable bonds is 1. The van der Waals surface area contributed by atoms with Crippen molar-refractivity contribution in [2.45, 2.75) is 0 Å². The van der Waals surface area contributed by atoms with Crippen molar-refractivity contribution in [2.24, 2.45) is 0 Å². The second kappa shape index (κ2) is 4.69. The molecule has 0 saturated heterocycles. The van der Waals surface area contributed by atoms with Crippen molar-refractivity contribution >= 4 is 10.9 Å². The van der Waals surface area contributed by atoms with Gasteiger partial charge in [-0.2, -0.15) is 0 Å². The van der Waals surface area contributed by atoms with Crippen LogP contribution in [0.2, 0.25) is 0 Å². The van der Waals surface area contributed by atoms with E-state index in [0.29, 0.717) is 6.07 Å². The lowest BCUT2D eigenvalue weighted by Crippen LogP contribution is -2.10. The maximum absolute atomic E-state index is 13.7. The molecule has 4 N–H and O–H groups in total. The van der Waals surface area contributed by atoms with Gasteiger partial charge in [-0.25, -0.2) is 13.8 Å². The summed E-state index contributed by atoms with van der Waals surface area (Å²) < 4.78 is 26.7. The van der Waals surface area contributed by atoms with E-state index in [0.717, 1.165) is 18.2 Å². The number of halogens is 2. The first-order chi connectivity index (χ1) is 10.4. The molecule has 0 radical (unpaired) electrons. The van der Waals surface area contributed by atoms with Gasteiger partial charge in [-0.3, -0.25) is 4.79 Å². The van der Waals surface area contributed by atoms with Crippen LogP contribution in [-0.2, 0) is 0 Å². The van der Waals surface area contributed by atoms with Crippen LogP contribution in [0.3, 0.4) is 0 Å². The summed E-state index contributed by atoms with van der Waals surface area (Å²) in [6.45, 7) is 0. The van der Waals surface area contributed by atoms with Crippen LogP contribution in [0.25, 0.3) is 22.3 Å². The number of nitrogens with one attached hydrogen (secondary N) is 1. The van der Waals surface area contributed by atoms with Crippen molar-refractivity contribution in [3.63, 3.8) is 0 Å². The van der Waals surface area contributed by atoms with Gasteiger partial charge in [0.2, 0.25) is 5.75 Å². The van der Waals surface area contributed by atoms with E-state index in [1.807, 2.05) is 0 Å². The fourth-order valence-corrected chi connectivity index (χ4v) is 2.07. The third-order valence-corrected chi connectivity index (χ3v) is 3.11. The van der Waals surface area contributed by atoms with Gasteiger partial charge in [0.05, 0.1) is 11.1 Å². The lowest BCUT2D eigenvalue weighted by atomic mass is 10.1. The van der Waals surface area contributed by atoms with Gasteiger partial charge in [-0.1, -0.05) is 0 Å². The standard InChI is InChI=1S/C14H8F2N2O4/c15-5-1-2-6(7(16)3-5)13-17-8-4-9(19)11(20)12(21)10(8)14(22)18-13/h1-4,19-21H,(H,17,18,22). The summed E-state index contributed by atoms with van der Waals surface area (Å²) >= 11 is 0. The Balaban J connectivity index is 2.34. The molecule has 0 amide bonds. The zero-order chi connectivity index (χ0) is 16.0. The van der Waals surface area contributed by atoms with Gasteiger partial charge < -0.3 is 20.3 Å². The molecule has 0 saturated carbocycles. The van der Waals surface area contributed by atoms with Gasteiger partial charge in [0.15, 0.2) is 11.5 Å². The molecule has 1 heterocycles. The van der Waals surface area contributed by atoms with Gasteiger partial charge in [0, 0.05) is 12.1 Å². The highest BCUT2D eigenvalue weighted by Gasteiger charge is 2.17.